The fourth-order valence-electron chi connectivity index (χ4n) is 2.22. The van der Waals surface area contributed by atoms with Crippen LogP contribution in [-0.4, -0.2) is 13.6 Å². The van der Waals surface area contributed by atoms with Crippen molar-refractivity contribution >= 4 is 5.69 Å². The van der Waals surface area contributed by atoms with Crippen molar-refractivity contribution in [3.63, 3.8) is 0 Å². The minimum Gasteiger partial charge on any atom is -0.467 e. The van der Waals surface area contributed by atoms with Gasteiger partial charge in [0.25, 0.3) is 0 Å². The number of anilines is 1. The number of nitrogens with zero attached hydrogens (tertiary/aromatic N) is 1. The number of hydrogen-bond acceptors (Lipinski definition) is 3. The number of furan rings is 1. The van der Waals surface area contributed by atoms with Crippen molar-refractivity contribution in [1.82, 2.24) is 5.32 Å². The monoisotopic (exact) mass is 272 g/mol. The molecule has 1 aromatic heterocycles. The number of rotatable bonds is 7. The highest BCUT2D eigenvalue weighted by atomic mass is 16.3. The van der Waals surface area contributed by atoms with E-state index >= 15 is 0 Å². The van der Waals surface area contributed by atoms with E-state index in [4.69, 9.17) is 4.42 Å². The molecule has 1 atom stereocenters. The fraction of sp³-hybridized carbons (Fsp3) is 0.412. The normalized spacial score (nSPS) is 12.3. The van der Waals surface area contributed by atoms with Crippen molar-refractivity contribution in [2.24, 2.45) is 0 Å². The molecule has 0 saturated carbocycles. The first-order valence-electron chi connectivity index (χ1n) is 7.27. The molecule has 0 aliphatic carbocycles. The highest BCUT2D eigenvalue weighted by Gasteiger charge is 2.07. The van der Waals surface area contributed by atoms with Gasteiger partial charge in [0.15, 0.2) is 0 Å². The maximum absolute atomic E-state index is 5.38. The third kappa shape index (κ3) is 3.87. The lowest BCUT2D eigenvalue weighted by Crippen LogP contribution is -2.19. The van der Waals surface area contributed by atoms with E-state index in [1.807, 2.05) is 12.1 Å². The van der Waals surface area contributed by atoms with Crippen molar-refractivity contribution in [2.75, 3.05) is 18.5 Å². The van der Waals surface area contributed by atoms with E-state index < -0.39 is 0 Å². The molecule has 0 fully saturated rings. The number of hydrogen-bond donors (Lipinski definition) is 1. The quantitative estimate of drug-likeness (QED) is 0.826. The van der Waals surface area contributed by atoms with E-state index in [0.717, 1.165) is 25.3 Å². The second-order valence-electron chi connectivity index (χ2n) is 5.20. The highest BCUT2D eigenvalue weighted by Crippen LogP contribution is 2.20. The van der Waals surface area contributed by atoms with E-state index in [0.29, 0.717) is 6.04 Å². The molecule has 2 rings (SSSR count). The fourth-order valence-corrected chi connectivity index (χ4v) is 2.22. The van der Waals surface area contributed by atoms with Gasteiger partial charge in [-0.05, 0) is 49.7 Å². The summed E-state index contributed by atoms with van der Waals surface area (Å²) in [4.78, 5) is 2.19. The number of benzene rings is 1. The van der Waals surface area contributed by atoms with Crippen LogP contribution in [-0.2, 0) is 6.54 Å². The van der Waals surface area contributed by atoms with Gasteiger partial charge in [-0.25, -0.2) is 0 Å². The van der Waals surface area contributed by atoms with Crippen molar-refractivity contribution in [1.29, 1.82) is 0 Å². The molecule has 108 valence electrons. The van der Waals surface area contributed by atoms with Crippen LogP contribution in [0, 0.1) is 0 Å². The smallest absolute Gasteiger partial charge is 0.123 e. The van der Waals surface area contributed by atoms with Crippen molar-refractivity contribution in [2.45, 2.75) is 32.9 Å². The minimum absolute atomic E-state index is 0.402. The van der Waals surface area contributed by atoms with Crippen LogP contribution in [0.3, 0.4) is 0 Å². The molecule has 0 saturated heterocycles. The van der Waals surface area contributed by atoms with Crippen LogP contribution in [0.5, 0.6) is 0 Å². The van der Waals surface area contributed by atoms with E-state index in [1.165, 1.54) is 11.3 Å². The zero-order valence-corrected chi connectivity index (χ0v) is 12.6. The molecule has 1 heterocycles. The predicted octanol–water partition coefficient (Wildman–Crippen LogP) is 3.98. The van der Waals surface area contributed by atoms with Crippen LogP contribution in [0.4, 0.5) is 5.69 Å². The van der Waals surface area contributed by atoms with Crippen LogP contribution >= 0.6 is 0 Å². The first-order valence-corrected chi connectivity index (χ1v) is 7.27. The lowest BCUT2D eigenvalue weighted by atomic mass is 10.1. The molecule has 0 bridgehead atoms. The van der Waals surface area contributed by atoms with Crippen molar-refractivity contribution in [3.05, 3.63) is 54.0 Å². The molecular formula is C17H24N2O. The standard InChI is InChI=1S/C17H24N2O/c1-4-11-18-14(2)15-7-9-16(10-8-15)19(3)13-17-6-5-12-20-17/h5-10,12,14,18H,4,11,13H2,1-3H3. The second kappa shape index (κ2) is 7.15. The lowest BCUT2D eigenvalue weighted by molar-refractivity contribution is 0.507. The summed E-state index contributed by atoms with van der Waals surface area (Å²) >= 11 is 0. The van der Waals surface area contributed by atoms with Gasteiger partial charge in [-0.1, -0.05) is 19.1 Å². The molecule has 1 unspecified atom stereocenters. The van der Waals surface area contributed by atoms with Gasteiger partial charge >= 0.3 is 0 Å². The Labute approximate surface area is 121 Å². The summed E-state index contributed by atoms with van der Waals surface area (Å²) in [6.45, 7) is 6.24. The average molecular weight is 272 g/mol. The summed E-state index contributed by atoms with van der Waals surface area (Å²) in [5.41, 5.74) is 2.53. The summed E-state index contributed by atoms with van der Waals surface area (Å²) in [5.74, 6) is 0.981. The van der Waals surface area contributed by atoms with Gasteiger partial charge in [0.1, 0.15) is 5.76 Å². The van der Waals surface area contributed by atoms with Crippen LogP contribution in [0.25, 0.3) is 0 Å². The third-order valence-corrected chi connectivity index (χ3v) is 3.51. The largest absolute Gasteiger partial charge is 0.467 e. The summed E-state index contributed by atoms with van der Waals surface area (Å²) < 4.78 is 5.38. The van der Waals surface area contributed by atoms with Gasteiger partial charge in [-0.15, -0.1) is 0 Å². The molecule has 0 spiro atoms. The highest BCUT2D eigenvalue weighted by molar-refractivity contribution is 5.47. The van der Waals surface area contributed by atoms with Gasteiger partial charge < -0.3 is 14.6 Å². The second-order valence-corrected chi connectivity index (χ2v) is 5.20. The minimum atomic E-state index is 0.402. The molecular weight excluding hydrogens is 248 g/mol. The summed E-state index contributed by atoms with van der Waals surface area (Å²) in [7, 11) is 2.08. The van der Waals surface area contributed by atoms with Gasteiger partial charge in [0.2, 0.25) is 0 Å². The summed E-state index contributed by atoms with van der Waals surface area (Å²) in [6, 6.07) is 13.1. The first kappa shape index (κ1) is 14.7. The Morgan fingerprint density at radius 1 is 1.20 bits per heavy atom. The topological polar surface area (TPSA) is 28.4 Å². The summed E-state index contributed by atoms with van der Waals surface area (Å²) in [6.07, 6.45) is 2.88. The van der Waals surface area contributed by atoms with Gasteiger partial charge in [0.05, 0.1) is 12.8 Å². The Hall–Kier alpha value is -1.74. The van der Waals surface area contributed by atoms with E-state index in [-0.39, 0.29) is 0 Å². The molecule has 20 heavy (non-hydrogen) atoms. The molecule has 3 heteroatoms. The van der Waals surface area contributed by atoms with Crippen LogP contribution in [0.15, 0.2) is 47.1 Å². The molecule has 1 N–H and O–H groups in total. The zero-order chi connectivity index (χ0) is 14.4. The van der Waals surface area contributed by atoms with Crippen LogP contribution in [0.1, 0.15) is 37.6 Å². The van der Waals surface area contributed by atoms with E-state index in [9.17, 15) is 0 Å². The summed E-state index contributed by atoms with van der Waals surface area (Å²) in [5, 5.41) is 3.51. The Morgan fingerprint density at radius 2 is 1.95 bits per heavy atom. The first-order chi connectivity index (χ1) is 9.70. The van der Waals surface area contributed by atoms with Crippen molar-refractivity contribution < 1.29 is 4.42 Å². The molecule has 1 aromatic carbocycles. The lowest BCUT2D eigenvalue weighted by Gasteiger charge is -2.19. The Balaban J connectivity index is 1.96. The molecule has 0 aliphatic heterocycles. The third-order valence-electron chi connectivity index (χ3n) is 3.51. The van der Waals surface area contributed by atoms with Crippen LogP contribution < -0.4 is 10.2 Å². The zero-order valence-electron chi connectivity index (χ0n) is 12.6. The molecule has 0 aliphatic rings. The molecule has 0 amide bonds. The van der Waals surface area contributed by atoms with Gasteiger partial charge in [0, 0.05) is 18.8 Å². The maximum atomic E-state index is 5.38. The van der Waals surface area contributed by atoms with Gasteiger partial charge in [-0.3, -0.25) is 0 Å². The average Bonchev–Trinajstić information content (AvgIpc) is 2.97. The maximum Gasteiger partial charge on any atom is 0.123 e. The Kier molecular flexibility index (Phi) is 5.24. The van der Waals surface area contributed by atoms with Crippen LogP contribution in [0.2, 0.25) is 0 Å². The van der Waals surface area contributed by atoms with Crippen molar-refractivity contribution in [3.8, 4) is 0 Å². The van der Waals surface area contributed by atoms with E-state index in [1.54, 1.807) is 6.26 Å². The molecule has 2 aromatic rings. The number of nitrogens with one attached hydrogen (secondary N) is 1. The van der Waals surface area contributed by atoms with E-state index in [2.05, 4.69) is 55.4 Å². The Morgan fingerprint density at radius 3 is 2.55 bits per heavy atom. The SMILES string of the molecule is CCCNC(C)c1ccc(N(C)Cc2ccco2)cc1. The molecule has 3 nitrogen and oxygen atoms in total. The van der Waals surface area contributed by atoms with Gasteiger partial charge in [-0.2, -0.15) is 0 Å². The Bertz CT molecular complexity index is 490. The molecule has 0 radical (unpaired) electrons. The predicted molar refractivity (Wildman–Crippen MR) is 84.0 cm³/mol.